The summed E-state index contributed by atoms with van der Waals surface area (Å²) in [7, 11) is 0. The van der Waals surface area contributed by atoms with Crippen molar-refractivity contribution in [1.82, 2.24) is 4.98 Å². The summed E-state index contributed by atoms with van der Waals surface area (Å²) in [6.45, 7) is -0.762. The fourth-order valence-electron chi connectivity index (χ4n) is 0.969. The van der Waals surface area contributed by atoms with Crippen LogP contribution in [-0.2, 0) is 0 Å². The van der Waals surface area contributed by atoms with Gasteiger partial charge in [-0.2, -0.15) is 18.4 Å². The lowest BCUT2D eigenvalue weighted by atomic mass is 10.3. The third kappa shape index (κ3) is 4.09. The van der Waals surface area contributed by atoms with E-state index in [0.717, 1.165) is 0 Å². The normalized spacial score (nSPS) is 12.9. The second-order valence-corrected chi connectivity index (χ2v) is 3.50. The first-order chi connectivity index (χ1) is 7.82. The maximum Gasteiger partial charge on any atom is 0.416 e. The molecule has 0 aromatic carbocycles. The first kappa shape index (κ1) is 13.5. The topological polar surface area (TPSA) is 68.9 Å². The van der Waals surface area contributed by atoms with Crippen LogP contribution in [0.3, 0.4) is 0 Å². The molecular formula is C9H7ClF3N3O. The number of aromatic nitrogens is 1. The molecule has 0 aliphatic carbocycles. The molecule has 0 bridgehead atoms. The molecule has 1 atom stereocenters. The van der Waals surface area contributed by atoms with Gasteiger partial charge in [-0.1, -0.05) is 11.6 Å². The highest BCUT2D eigenvalue weighted by Crippen LogP contribution is 2.20. The Labute approximate surface area is 99.6 Å². The summed E-state index contributed by atoms with van der Waals surface area (Å²) in [5.41, 5.74) is 0.161. The van der Waals surface area contributed by atoms with E-state index in [0.29, 0.717) is 0 Å². The molecule has 0 saturated heterocycles. The van der Waals surface area contributed by atoms with Crippen molar-refractivity contribution in [3.05, 3.63) is 22.8 Å². The number of alkyl halides is 3. The van der Waals surface area contributed by atoms with Crippen molar-refractivity contribution in [2.24, 2.45) is 0 Å². The number of nitriles is 1. The molecule has 1 aromatic rings. The van der Waals surface area contributed by atoms with Gasteiger partial charge in [0.2, 0.25) is 0 Å². The Morgan fingerprint density at radius 1 is 1.53 bits per heavy atom. The molecule has 1 heterocycles. The lowest BCUT2D eigenvalue weighted by Gasteiger charge is -2.15. The van der Waals surface area contributed by atoms with Gasteiger partial charge in [-0.3, -0.25) is 0 Å². The molecule has 1 rings (SSSR count). The minimum atomic E-state index is -4.70. The average molecular weight is 266 g/mol. The van der Waals surface area contributed by atoms with Crippen LogP contribution in [0.1, 0.15) is 5.56 Å². The van der Waals surface area contributed by atoms with Gasteiger partial charge in [0.1, 0.15) is 11.0 Å². The van der Waals surface area contributed by atoms with Crippen molar-refractivity contribution in [2.75, 3.05) is 11.9 Å². The van der Waals surface area contributed by atoms with E-state index in [9.17, 15) is 13.2 Å². The fraction of sp³-hybridized carbons (Fsp3) is 0.333. The molecule has 0 aliphatic rings. The highest BCUT2D eigenvalue weighted by Gasteiger charge is 2.37. The van der Waals surface area contributed by atoms with E-state index in [2.05, 4.69) is 10.3 Å². The average Bonchev–Trinajstić information content (AvgIpc) is 2.23. The van der Waals surface area contributed by atoms with E-state index in [1.165, 1.54) is 12.1 Å². The maximum atomic E-state index is 12.0. The van der Waals surface area contributed by atoms with Crippen molar-refractivity contribution in [1.29, 1.82) is 5.26 Å². The van der Waals surface area contributed by atoms with Gasteiger partial charge >= 0.3 is 6.18 Å². The molecule has 1 unspecified atom stereocenters. The number of hydrogen-bond acceptors (Lipinski definition) is 4. The molecule has 0 spiro atoms. The van der Waals surface area contributed by atoms with Crippen LogP contribution in [0.2, 0.25) is 5.15 Å². The second-order valence-electron chi connectivity index (χ2n) is 3.11. The maximum absolute atomic E-state index is 12.0. The highest BCUT2D eigenvalue weighted by atomic mass is 35.5. The first-order valence-corrected chi connectivity index (χ1v) is 4.77. The van der Waals surface area contributed by atoms with Crippen LogP contribution in [0.4, 0.5) is 19.0 Å². The summed E-state index contributed by atoms with van der Waals surface area (Å²) in [6, 6.07) is 4.28. The van der Waals surface area contributed by atoms with E-state index in [1.807, 2.05) is 0 Å². The number of aliphatic hydroxyl groups is 1. The van der Waals surface area contributed by atoms with E-state index in [-0.39, 0.29) is 16.5 Å². The smallest absolute Gasteiger partial charge is 0.382 e. The minimum absolute atomic E-state index is 0.00245. The lowest BCUT2D eigenvalue weighted by Crippen LogP contribution is -2.35. The van der Waals surface area contributed by atoms with Gasteiger partial charge < -0.3 is 10.4 Å². The lowest BCUT2D eigenvalue weighted by molar-refractivity contribution is -0.198. The van der Waals surface area contributed by atoms with Gasteiger partial charge in [-0.15, -0.1) is 0 Å². The molecular weight excluding hydrogens is 259 g/mol. The molecule has 8 heteroatoms. The number of hydrogen-bond donors (Lipinski definition) is 2. The number of rotatable bonds is 3. The standard InChI is InChI=1S/C9H7ClF3N3O/c10-7-1-5(3-14)2-8(16-7)15-4-6(17)9(11,12)13/h1-2,6,17H,4H2,(H,15,16). The largest absolute Gasteiger partial charge is 0.416 e. The Morgan fingerprint density at radius 3 is 2.71 bits per heavy atom. The predicted molar refractivity (Wildman–Crippen MR) is 54.5 cm³/mol. The molecule has 92 valence electrons. The molecule has 17 heavy (non-hydrogen) atoms. The Kier molecular flexibility index (Phi) is 4.15. The predicted octanol–water partition coefficient (Wildman–Crippen LogP) is 1.94. The molecule has 0 amide bonds. The molecule has 0 radical (unpaired) electrons. The second kappa shape index (κ2) is 5.21. The summed E-state index contributed by atoms with van der Waals surface area (Å²) in [6.07, 6.45) is -7.21. The quantitative estimate of drug-likeness (QED) is 0.820. The van der Waals surface area contributed by atoms with Crippen LogP contribution in [0.5, 0.6) is 0 Å². The minimum Gasteiger partial charge on any atom is -0.382 e. The molecule has 0 aliphatic heterocycles. The fourth-order valence-corrected chi connectivity index (χ4v) is 1.18. The van der Waals surface area contributed by atoms with Gasteiger partial charge in [-0.05, 0) is 12.1 Å². The summed E-state index contributed by atoms with van der Waals surface area (Å²) >= 11 is 5.55. The monoisotopic (exact) mass is 265 g/mol. The van der Waals surface area contributed by atoms with Gasteiger partial charge in [0.15, 0.2) is 6.10 Å². The Morgan fingerprint density at radius 2 is 2.18 bits per heavy atom. The zero-order valence-electron chi connectivity index (χ0n) is 8.29. The number of anilines is 1. The Bertz CT molecular complexity index is 444. The number of nitrogens with one attached hydrogen (secondary N) is 1. The van der Waals surface area contributed by atoms with Gasteiger partial charge in [0, 0.05) is 0 Å². The SMILES string of the molecule is N#Cc1cc(Cl)nc(NCC(O)C(F)(F)F)c1. The van der Waals surface area contributed by atoms with Crippen molar-refractivity contribution in [2.45, 2.75) is 12.3 Å². The summed E-state index contributed by atoms with van der Waals surface area (Å²) in [4.78, 5) is 3.66. The van der Waals surface area contributed by atoms with E-state index >= 15 is 0 Å². The zero-order chi connectivity index (χ0) is 13.1. The van der Waals surface area contributed by atoms with Crippen LogP contribution in [0.15, 0.2) is 12.1 Å². The first-order valence-electron chi connectivity index (χ1n) is 4.39. The Hall–Kier alpha value is -1.52. The van der Waals surface area contributed by atoms with Gasteiger partial charge in [0.05, 0.1) is 18.2 Å². The molecule has 0 fully saturated rings. The van der Waals surface area contributed by atoms with Gasteiger partial charge in [0.25, 0.3) is 0 Å². The number of aliphatic hydroxyl groups excluding tert-OH is 1. The van der Waals surface area contributed by atoms with E-state index in [1.54, 1.807) is 6.07 Å². The van der Waals surface area contributed by atoms with Crippen molar-refractivity contribution in [3.8, 4) is 6.07 Å². The van der Waals surface area contributed by atoms with Crippen molar-refractivity contribution < 1.29 is 18.3 Å². The summed E-state index contributed by atoms with van der Waals surface area (Å²) in [5, 5.41) is 19.6. The van der Waals surface area contributed by atoms with Crippen LogP contribution >= 0.6 is 11.6 Å². The molecule has 0 saturated carbocycles. The van der Waals surface area contributed by atoms with Crippen LogP contribution in [-0.4, -0.2) is 28.9 Å². The van der Waals surface area contributed by atoms with Crippen LogP contribution in [0.25, 0.3) is 0 Å². The highest BCUT2D eigenvalue weighted by molar-refractivity contribution is 6.29. The van der Waals surface area contributed by atoms with Gasteiger partial charge in [-0.25, -0.2) is 4.98 Å². The van der Waals surface area contributed by atoms with E-state index < -0.39 is 18.8 Å². The van der Waals surface area contributed by atoms with E-state index in [4.69, 9.17) is 22.0 Å². The molecule has 4 nitrogen and oxygen atoms in total. The zero-order valence-corrected chi connectivity index (χ0v) is 9.05. The number of halogens is 4. The third-order valence-corrected chi connectivity index (χ3v) is 1.97. The number of pyridine rings is 1. The Balaban J connectivity index is 2.70. The summed E-state index contributed by atoms with van der Waals surface area (Å²) in [5.74, 6) is -0.00245. The molecule has 1 aromatic heterocycles. The third-order valence-electron chi connectivity index (χ3n) is 1.78. The molecule has 2 N–H and O–H groups in total. The number of nitrogens with zero attached hydrogens (tertiary/aromatic N) is 2. The summed E-state index contributed by atoms with van der Waals surface area (Å²) < 4.78 is 36.0. The van der Waals surface area contributed by atoms with Crippen molar-refractivity contribution in [3.63, 3.8) is 0 Å². The van der Waals surface area contributed by atoms with Crippen LogP contribution < -0.4 is 5.32 Å². The van der Waals surface area contributed by atoms with Crippen LogP contribution in [0, 0.1) is 11.3 Å². The van der Waals surface area contributed by atoms with Crippen molar-refractivity contribution >= 4 is 17.4 Å².